The number of carboxylic acid groups (broad SMARTS) is 1. The molecule has 0 unspecified atom stereocenters. The molecule has 3 atom stereocenters. The number of carboxylic acids is 1. The molecule has 0 aromatic carbocycles. The minimum Gasteiger partial charge on any atom is -0.550 e. The second kappa shape index (κ2) is 21.7. The van der Waals surface area contributed by atoms with E-state index in [0.29, 0.717) is 12.8 Å². The summed E-state index contributed by atoms with van der Waals surface area (Å²) in [6.45, 7) is 4.33. The van der Waals surface area contributed by atoms with Crippen molar-refractivity contribution < 1.29 is 71.5 Å². The Morgan fingerprint density at radius 3 is 1.63 bits per heavy atom. The molecule has 0 aromatic heterocycles. The maximum Gasteiger partial charge on any atom is 1.00 e. The summed E-state index contributed by atoms with van der Waals surface area (Å²) in [4.78, 5) is 11.3. The monoisotopic (exact) mass is 410 g/mol. The molecule has 156 valence electrons. The third kappa shape index (κ3) is 18.8. The van der Waals surface area contributed by atoms with Crippen LogP contribution in [0.15, 0.2) is 0 Å². The van der Waals surface area contributed by atoms with Gasteiger partial charge in [0.25, 0.3) is 0 Å². The van der Waals surface area contributed by atoms with Crippen molar-refractivity contribution in [2.24, 2.45) is 5.92 Å². The Morgan fingerprint density at radius 1 is 0.741 bits per heavy atom. The molecule has 0 fully saturated rings. The van der Waals surface area contributed by atoms with E-state index in [-0.39, 0.29) is 57.8 Å². The third-order valence-corrected chi connectivity index (χ3v) is 5.29. The van der Waals surface area contributed by atoms with E-state index in [1.54, 1.807) is 0 Å². The van der Waals surface area contributed by atoms with Gasteiger partial charge in [0.05, 0.1) is 12.2 Å². The van der Waals surface area contributed by atoms with Gasteiger partial charge in [-0.25, -0.2) is 0 Å². The van der Waals surface area contributed by atoms with Gasteiger partial charge in [-0.05, 0) is 19.3 Å². The van der Waals surface area contributed by atoms with Crippen LogP contribution < -0.4 is 56.5 Å². The Bertz CT molecular complexity index is 325. The molecule has 0 bridgehead atoms. The molecule has 27 heavy (non-hydrogen) atoms. The zero-order chi connectivity index (χ0) is 19.6. The van der Waals surface area contributed by atoms with Gasteiger partial charge in [-0.1, -0.05) is 97.3 Å². The van der Waals surface area contributed by atoms with E-state index in [0.717, 1.165) is 38.5 Å². The number of carbonyl (C=O) groups excluding carboxylic acids is 1. The molecule has 4 nitrogen and oxygen atoms in total. The molecular weight excluding hydrogens is 367 g/mol. The van der Waals surface area contributed by atoms with Crippen LogP contribution in [0.2, 0.25) is 0 Å². The van der Waals surface area contributed by atoms with Crippen LogP contribution in [0.25, 0.3) is 0 Å². The second-order valence-corrected chi connectivity index (χ2v) is 7.85. The molecule has 5 heteroatoms. The first-order valence-electron chi connectivity index (χ1n) is 11.1. The SMILES string of the molecule is CCCCCCCCCCC[C@@H](O)C[C@H](O)[C@H](CCCCCC)C(=O)[O-].[K+]. The number of rotatable bonds is 19. The van der Waals surface area contributed by atoms with Crippen LogP contribution in [0, 0.1) is 5.92 Å². The first-order valence-corrected chi connectivity index (χ1v) is 11.1. The van der Waals surface area contributed by atoms with Gasteiger partial charge in [-0.2, -0.15) is 0 Å². The van der Waals surface area contributed by atoms with Gasteiger partial charge < -0.3 is 20.1 Å². The number of aliphatic hydroxyl groups excluding tert-OH is 2. The molecule has 0 amide bonds. The van der Waals surface area contributed by atoms with Gasteiger partial charge >= 0.3 is 51.4 Å². The average Bonchev–Trinajstić information content (AvgIpc) is 2.59. The summed E-state index contributed by atoms with van der Waals surface area (Å²) in [5.74, 6) is -2.05. The fraction of sp³-hybridized carbons (Fsp3) is 0.955. The number of hydrogen-bond acceptors (Lipinski definition) is 4. The van der Waals surface area contributed by atoms with Crippen LogP contribution in [0.5, 0.6) is 0 Å². The Balaban J connectivity index is 0. The molecule has 0 saturated carbocycles. The van der Waals surface area contributed by atoms with Gasteiger partial charge in [-0.15, -0.1) is 0 Å². The van der Waals surface area contributed by atoms with Gasteiger partial charge in [0.15, 0.2) is 0 Å². The minimum atomic E-state index is -1.19. The van der Waals surface area contributed by atoms with Crippen molar-refractivity contribution in [3.05, 3.63) is 0 Å². The average molecular weight is 411 g/mol. The third-order valence-electron chi connectivity index (χ3n) is 5.29. The van der Waals surface area contributed by atoms with E-state index in [2.05, 4.69) is 13.8 Å². The van der Waals surface area contributed by atoms with Crippen molar-refractivity contribution in [3.8, 4) is 0 Å². The largest absolute Gasteiger partial charge is 1.00 e. The first kappa shape index (κ1) is 30.2. The molecular formula is C22H43KO4. The minimum absolute atomic E-state index is 0. The number of hydrogen-bond donors (Lipinski definition) is 2. The zero-order valence-electron chi connectivity index (χ0n) is 18.3. The number of aliphatic hydroxyl groups is 2. The van der Waals surface area contributed by atoms with Gasteiger partial charge in [0.2, 0.25) is 0 Å². The summed E-state index contributed by atoms with van der Waals surface area (Å²) in [5.41, 5.74) is 0. The van der Waals surface area contributed by atoms with Gasteiger partial charge in [0.1, 0.15) is 0 Å². The quantitative estimate of drug-likeness (QED) is 0.249. The predicted molar refractivity (Wildman–Crippen MR) is 106 cm³/mol. The summed E-state index contributed by atoms with van der Waals surface area (Å²) < 4.78 is 0. The Kier molecular flexibility index (Phi) is 24.3. The van der Waals surface area contributed by atoms with Crippen LogP contribution in [0.4, 0.5) is 0 Å². The van der Waals surface area contributed by atoms with Crippen molar-refractivity contribution in [2.75, 3.05) is 0 Å². The number of unbranched alkanes of at least 4 members (excludes halogenated alkanes) is 11. The maximum atomic E-state index is 11.3. The van der Waals surface area contributed by atoms with E-state index in [4.69, 9.17) is 0 Å². The fourth-order valence-corrected chi connectivity index (χ4v) is 3.51. The number of aliphatic carboxylic acids is 1. The zero-order valence-corrected chi connectivity index (χ0v) is 21.4. The molecule has 0 spiro atoms. The molecule has 2 N–H and O–H groups in total. The topological polar surface area (TPSA) is 80.6 Å². The van der Waals surface area contributed by atoms with E-state index >= 15 is 0 Å². The van der Waals surface area contributed by atoms with Crippen LogP contribution in [-0.4, -0.2) is 28.4 Å². The van der Waals surface area contributed by atoms with Gasteiger partial charge in [0, 0.05) is 11.9 Å². The molecule has 0 radical (unpaired) electrons. The van der Waals surface area contributed by atoms with Crippen LogP contribution >= 0.6 is 0 Å². The Hall–Kier alpha value is 1.03. The molecule has 0 rings (SSSR count). The van der Waals surface area contributed by atoms with Crippen molar-refractivity contribution in [2.45, 2.75) is 129 Å². The predicted octanol–water partition coefficient (Wildman–Crippen LogP) is 1.36. The van der Waals surface area contributed by atoms with E-state index in [1.807, 2.05) is 0 Å². The summed E-state index contributed by atoms with van der Waals surface area (Å²) in [7, 11) is 0. The molecule has 0 aromatic rings. The molecule has 0 aliphatic heterocycles. The van der Waals surface area contributed by atoms with Crippen molar-refractivity contribution in [3.63, 3.8) is 0 Å². The molecule has 0 aliphatic carbocycles. The van der Waals surface area contributed by atoms with E-state index in [1.165, 1.54) is 44.9 Å². The van der Waals surface area contributed by atoms with Crippen molar-refractivity contribution in [1.29, 1.82) is 0 Å². The van der Waals surface area contributed by atoms with Crippen LogP contribution in [0.1, 0.15) is 117 Å². The maximum absolute atomic E-state index is 11.3. The van der Waals surface area contributed by atoms with Crippen LogP contribution in [-0.2, 0) is 4.79 Å². The first-order chi connectivity index (χ1) is 12.5. The van der Waals surface area contributed by atoms with Crippen molar-refractivity contribution in [1.82, 2.24) is 0 Å². The number of carbonyl (C=O) groups is 1. The summed E-state index contributed by atoms with van der Waals surface area (Å²) >= 11 is 0. The normalized spacial score (nSPS) is 14.4. The van der Waals surface area contributed by atoms with E-state index in [9.17, 15) is 20.1 Å². The van der Waals surface area contributed by atoms with Crippen molar-refractivity contribution >= 4 is 5.97 Å². The van der Waals surface area contributed by atoms with Crippen LogP contribution in [0.3, 0.4) is 0 Å². The molecule has 0 heterocycles. The summed E-state index contributed by atoms with van der Waals surface area (Å²) in [6.07, 6.45) is 14.6. The Morgan fingerprint density at radius 2 is 1.15 bits per heavy atom. The van der Waals surface area contributed by atoms with E-state index < -0.39 is 24.1 Å². The van der Waals surface area contributed by atoms with Gasteiger partial charge in [-0.3, -0.25) is 0 Å². The summed E-state index contributed by atoms with van der Waals surface area (Å²) in [6, 6.07) is 0. The standard InChI is InChI=1S/C22H44O4.K/c1-3-5-7-9-10-11-12-13-14-16-19(23)18-21(24)20(22(25)26)17-15-8-6-4-2;/h19-21,23-24H,3-18H2,1-2H3,(H,25,26);/q;+1/p-1/t19-,20+,21+;/m1./s1. The summed E-state index contributed by atoms with van der Waals surface area (Å²) in [5, 5.41) is 31.5. The molecule has 0 aliphatic rings. The fourth-order valence-electron chi connectivity index (χ4n) is 3.51. The smallest absolute Gasteiger partial charge is 0.550 e. The Labute approximate surface area is 210 Å². The molecule has 0 saturated heterocycles. The second-order valence-electron chi connectivity index (χ2n) is 7.85.